The van der Waals surface area contributed by atoms with E-state index in [1.165, 1.54) is 6.07 Å². The number of aryl methyl sites for hydroxylation is 1. The van der Waals surface area contributed by atoms with Gasteiger partial charge >= 0.3 is 0 Å². The molecule has 5 nitrogen and oxygen atoms in total. The molecular formula is C21H22FN5. The van der Waals surface area contributed by atoms with Crippen molar-refractivity contribution in [3.05, 3.63) is 54.0 Å². The van der Waals surface area contributed by atoms with E-state index in [4.69, 9.17) is 0 Å². The molecule has 6 heteroatoms. The van der Waals surface area contributed by atoms with Crippen LogP contribution in [0.4, 0.5) is 10.2 Å². The van der Waals surface area contributed by atoms with E-state index in [2.05, 4.69) is 33.1 Å². The number of piperazine rings is 1. The van der Waals surface area contributed by atoms with Crippen molar-refractivity contribution in [3.63, 3.8) is 0 Å². The zero-order valence-corrected chi connectivity index (χ0v) is 15.5. The summed E-state index contributed by atoms with van der Waals surface area (Å²) >= 11 is 0. The molecule has 2 aromatic heterocycles. The molecule has 1 aliphatic heterocycles. The second-order valence-corrected chi connectivity index (χ2v) is 7.35. The third-order valence-electron chi connectivity index (χ3n) is 5.62. The quantitative estimate of drug-likeness (QED) is 0.590. The van der Waals surface area contributed by atoms with Gasteiger partial charge in [0.15, 0.2) is 0 Å². The standard InChI is InChI=1S/C21H22FN5/c1-14-6-7-17(22)15-8-9-27(20(14)15)18-5-3-4-16-19(18)23-24-21(16)26-12-10-25(2)11-13-26/h3-9H,10-13H2,1-2H3,(H,23,24). The van der Waals surface area contributed by atoms with Gasteiger partial charge in [-0.25, -0.2) is 4.39 Å². The molecule has 1 saturated heterocycles. The van der Waals surface area contributed by atoms with Crippen LogP contribution in [0.15, 0.2) is 42.6 Å². The van der Waals surface area contributed by atoms with Gasteiger partial charge in [0.05, 0.1) is 11.2 Å². The van der Waals surface area contributed by atoms with Crippen LogP contribution in [0.1, 0.15) is 5.56 Å². The average molecular weight is 363 g/mol. The number of aromatic amines is 1. The van der Waals surface area contributed by atoms with Crippen LogP contribution in [0, 0.1) is 12.7 Å². The van der Waals surface area contributed by atoms with Crippen LogP contribution in [-0.4, -0.2) is 52.9 Å². The fourth-order valence-corrected chi connectivity index (χ4v) is 4.07. The first-order valence-corrected chi connectivity index (χ1v) is 9.30. The van der Waals surface area contributed by atoms with Gasteiger partial charge in [0.1, 0.15) is 17.2 Å². The average Bonchev–Trinajstić information content (AvgIpc) is 3.30. The van der Waals surface area contributed by atoms with Crippen LogP contribution >= 0.6 is 0 Å². The Labute approximate surface area is 157 Å². The summed E-state index contributed by atoms with van der Waals surface area (Å²) in [5.41, 5.74) is 3.82. The van der Waals surface area contributed by atoms with E-state index in [0.29, 0.717) is 5.39 Å². The van der Waals surface area contributed by atoms with E-state index in [1.54, 1.807) is 0 Å². The minimum absolute atomic E-state index is 0.193. The summed E-state index contributed by atoms with van der Waals surface area (Å²) in [5.74, 6) is 0.876. The van der Waals surface area contributed by atoms with E-state index < -0.39 is 0 Å². The number of nitrogens with zero attached hydrogens (tertiary/aromatic N) is 4. The van der Waals surface area contributed by atoms with Crippen LogP contribution in [0.25, 0.3) is 27.5 Å². The highest BCUT2D eigenvalue weighted by atomic mass is 19.1. The summed E-state index contributed by atoms with van der Waals surface area (Å²) in [4.78, 5) is 4.70. The number of anilines is 1. The first-order chi connectivity index (χ1) is 13.1. The number of hydrogen-bond acceptors (Lipinski definition) is 3. The van der Waals surface area contributed by atoms with Crippen LogP contribution in [0.2, 0.25) is 0 Å². The van der Waals surface area contributed by atoms with Gasteiger partial charge < -0.3 is 14.4 Å². The molecule has 0 radical (unpaired) electrons. The van der Waals surface area contributed by atoms with E-state index in [-0.39, 0.29) is 5.82 Å². The maximum Gasteiger partial charge on any atom is 0.132 e. The number of rotatable bonds is 2. The maximum absolute atomic E-state index is 14.2. The molecule has 5 rings (SSSR count). The lowest BCUT2D eigenvalue weighted by molar-refractivity contribution is 0.312. The molecule has 138 valence electrons. The van der Waals surface area contributed by atoms with Crippen molar-refractivity contribution in [2.45, 2.75) is 6.92 Å². The van der Waals surface area contributed by atoms with Gasteiger partial charge in [-0.2, -0.15) is 5.10 Å². The number of para-hydroxylation sites is 1. The third-order valence-corrected chi connectivity index (χ3v) is 5.62. The molecule has 0 spiro atoms. The van der Waals surface area contributed by atoms with Crippen molar-refractivity contribution in [1.29, 1.82) is 0 Å². The minimum Gasteiger partial charge on any atom is -0.354 e. The van der Waals surface area contributed by atoms with Crippen molar-refractivity contribution in [1.82, 2.24) is 19.7 Å². The van der Waals surface area contributed by atoms with E-state index >= 15 is 0 Å². The van der Waals surface area contributed by atoms with Crippen LogP contribution in [0.3, 0.4) is 0 Å². The lowest BCUT2D eigenvalue weighted by Gasteiger charge is -2.33. The van der Waals surface area contributed by atoms with E-state index in [9.17, 15) is 4.39 Å². The van der Waals surface area contributed by atoms with Gasteiger partial charge in [0, 0.05) is 43.1 Å². The number of hydrogen-bond donors (Lipinski definition) is 1. The largest absolute Gasteiger partial charge is 0.354 e. The predicted molar refractivity (Wildman–Crippen MR) is 107 cm³/mol. The highest BCUT2D eigenvalue weighted by molar-refractivity contribution is 5.97. The minimum atomic E-state index is -0.193. The van der Waals surface area contributed by atoms with Crippen molar-refractivity contribution in [2.75, 3.05) is 38.1 Å². The lowest BCUT2D eigenvalue weighted by Crippen LogP contribution is -2.44. The Bertz CT molecular complexity index is 1130. The molecule has 1 aliphatic rings. The number of H-pyrrole nitrogens is 1. The SMILES string of the molecule is Cc1ccc(F)c2ccn(-c3cccc4c(N5CCN(C)CC5)[nH]nc34)c12. The summed E-state index contributed by atoms with van der Waals surface area (Å²) in [7, 11) is 2.15. The number of aromatic nitrogens is 3. The molecular weight excluding hydrogens is 341 g/mol. The van der Waals surface area contributed by atoms with Gasteiger partial charge in [0.25, 0.3) is 0 Å². The van der Waals surface area contributed by atoms with Crippen molar-refractivity contribution >= 4 is 27.6 Å². The summed E-state index contributed by atoms with van der Waals surface area (Å²) in [6.07, 6.45) is 1.93. The van der Waals surface area contributed by atoms with Gasteiger partial charge in [-0.05, 0) is 43.8 Å². The molecule has 0 amide bonds. The number of benzene rings is 2. The van der Waals surface area contributed by atoms with Gasteiger partial charge in [-0.3, -0.25) is 5.10 Å². The normalized spacial score (nSPS) is 15.9. The predicted octanol–water partition coefficient (Wildman–Crippen LogP) is 3.71. The smallest absolute Gasteiger partial charge is 0.132 e. The van der Waals surface area contributed by atoms with E-state index in [0.717, 1.165) is 59.7 Å². The molecule has 1 N–H and O–H groups in total. The zero-order chi connectivity index (χ0) is 18.5. The van der Waals surface area contributed by atoms with E-state index in [1.807, 2.05) is 42.0 Å². The fourth-order valence-electron chi connectivity index (χ4n) is 4.07. The number of fused-ring (bicyclic) bond motifs is 2. The summed E-state index contributed by atoms with van der Waals surface area (Å²) in [6.45, 7) is 6.06. The van der Waals surface area contributed by atoms with Crippen molar-refractivity contribution in [2.24, 2.45) is 0 Å². The molecule has 0 aliphatic carbocycles. The monoisotopic (exact) mass is 363 g/mol. The zero-order valence-electron chi connectivity index (χ0n) is 15.5. The molecule has 1 fully saturated rings. The Kier molecular flexibility index (Phi) is 3.68. The Morgan fingerprint density at radius 2 is 1.81 bits per heavy atom. The summed E-state index contributed by atoms with van der Waals surface area (Å²) in [6, 6.07) is 11.4. The van der Waals surface area contributed by atoms with Crippen LogP contribution < -0.4 is 4.90 Å². The molecule has 0 bridgehead atoms. The van der Waals surface area contributed by atoms with Crippen LogP contribution in [-0.2, 0) is 0 Å². The third kappa shape index (κ3) is 2.51. The molecule has 3 heterocycles. The van der Waals surface area contributed by atoms with Crippen molar-refractivity contribution < 1.29 is 4.39 Å². The Hall–Kier alpha value is -2.86. The molecule has 27 heavy (non-hydrogen) atoms. The number of halogens is 1. The topological polar surface area (TPSA) is 40.1 Å². The van der Waals surface area contributed by atoms with Gasteiger partial charge in [-0.1, -0.05) is 12.1 Å². The summed E-state index contributed by atoms with van der Waals surface area (Å²) in [5, 5.41) is 9.62. The Morgan fingerprint density at radius 1 is 1.00 bits per heavy atom. The maximum atomic E-state index is 14.2. The fraction of sp³-hybridized carbons (Fsp3) is 0.286. The second kappa shape index (κ2) is 6.09. The number of likely N-dealkylation sites (N-methyl/N-ethyl adjacent to an activating group) is 1. The lowest BCUT2D eigenvalue weighted by atomic mass is 10.1. The van der Waals surface area contributed by atoms with Gasteiger partial charge in [-0.15, -0.1) is 0 Å². The molecule has 2 aromatic carbocycles. The Morgan fingerprint density at radius 3 is 2.63 bits per heavy atom. The highest BCUT2D eigenvalue weighted by Crippen LogP contribution is 2.32. The Balaban J connectivity index is 1.67. The highest BCUT2D eigenvalue weighted by Gasteiger charge is 2.20. The van der Waals surface area contributed by atoms with Crippen LogP contribution in [0.5, 0.6) is 0 Å². The second-order valence-electron chi connectivity index (χ2n) is 7.35. The molecule has 0 unspecified atom stereocenters. The van der Waals surface area contributed by atoms with Gasteiger partial charge in [0.2, 0.25) is 0 Å². The summed E-state index contributed by atoms with van der Waals surface area (Å²) < 4.78 is 16.3. The first kappa shape index (κ1) is 16.3. The first-order valence-electron chi connectivity index (χ1n) is 9.30. The number of nitrogens with one attached hydrogen (secondary N) is 1. The molecule has 4 aromatic rings. The van der Waals surface area contributed by atoms with Crippen molar-refractivity contribution in [3.8, 4) is 5.69 Å². The molecule has 0 saturated carbocycles. The molecule has 0 atom stereocenters.